The molecule has 98 valence electrons. The van der Waals surface area contributed by atoms with Crippen LogP contribution in [0.2, 0.25) is 0 Å². The quantitative estimate of drug-likeness (QED) is 0.908. The van der Waals surface area contributed by atoms with Gasteiger partial charge in [0, 0.05) is 24.5 Å². The number of aryl methyl sites for hydroxylation is 3. The molecule has 0 aliphatic carbocycles. The molecular formula is C13H18BrN3S. The fourth-order valence-electron chi connectivity index (χ4n) is 1.92. The van der Waals surface area contributed by atoms with E-state index in [1.54, 1.807) is 0 Å². The van der Waals surface area contributed by atoms with Crippen LogP contribution in [0.15, 0.2) is 15.9 Å². The van der Waals surface area contributed by atoms with E-state index in [2.05, 4.69) is 51.6 Å². The fraction of sp³-hybridized carbons (Fsp3) is 0.462. The predicted octanol–water partition coefficient (Wildman–Crippen LogP) is 3.63. The topological polar surface area (TPSA) is 29.9 Å². The molecule has 0 amide bonds. The van der Waals surface area contributed by atoms with Crippen LogP contribution in [0.4, 0.5) is 0 Å². The highest BCUT2D eigenvalue weighted by molar-refractivity contribution is 9.10. The average molecular weight is 328 g/mol. The molecule has 0 saturated carbocycles. The highest BCUT2D eigenvalue weighted by atomic mass is 79.9. The van der Waals surface area contributed by atoms with Gasteiger partial charge in [-0.1, -0.05) is 0 Å². The minimum atomic E-state index is 0.840. The van der Waals surface area contributed by atoms with Gasteiger partial charge in [0.25, 0.3) is 0 Å². The Morgan fingerprint density at radius 3 is 2.78 bits per heavy atom. The Morgan fingerprint density at radius 2 is 2.17 bits per heavy atom. The molecule has 18 heavy (non-hydrogen) atoms. The molecule has 0 atom stereocenters. The van der Waals surface area contributed by atoms with Gasteiger partial charge in [-0.3, -0.25) is 4.68 Å². The van der Waals surface area contributed by atoms with Crippen molar-refractivity contribution >= 4 is 27.3 Å². The number of hydrogen-bond donors (Lipinski definition) is 1. The molecule has 0 fully saturated rings. The van der Waals surface area contributed by atoms with E-state index >= 15 is 0 Å². The van der Waals surface area contributed by atoms with Crippen LogP contribution in [-0.2, 0) is 19.6 Å². The van der Waals surface area contributed by atoms with Gasteiger partial charge in [0.2, 0.25) is 0 Å². The molecule has 2 aromatic heterocycles. The Hall–Kier alpha value is -0.650. The minimum absolute atomic E-state index is 0.840. The van der Waals surface area contributed by atoms with E-state index in [1.165, 1.54) is 16.1 Å². The van der Waals surface area contributed by atoms with Crippen molar-refractivity contribution in [2.45, 2.75) is 40.4 Å². The summed E-state index contributed by atoms with van der Waals surface area (Å²) in [7, 11) is 0. The van der Waals surface area contributed by atoms with Gasteiger partial charge in [0.15, 0.2) is 0 Å². The van der Waals surface area contributed by atoms with Gasteiger partial charge in [-0.2, -0.15) is 5.10 Å². The molecule has 0 saturated heterocycles. The third kappa shape index (κ3) is 2.84. The second-order valence-corrected chi connectivity index (χ2v) is 6.09. The fourth-order valence-corrected chi connectivity index (χ4v) is 3.22. The second-order valence-electron chi connectivity index (χ2n) is 4.29. The molecule has 0 aliphatic rings. The number of nitrogens with one attached hydrogen (secondary N) is 1. The van der Waals surface area contributed by atoms with Crippen molar-refractivity contribution < 1.29 is 0 Å². The van der Waals surface area contributed by atoms with E-state index in [4.69, 9.17) is 0 Å². The zero-order valence-corrected chi connectivity index (χ0v) is 13.4. The average Bonchev–Trinajstić information content (AvgIpc) is 2.87. The maximum atomic E-state index is 4.49. The largest absolute Gasteiger partial charge is 0.306 e. The van der Waals surface area contributed by atoms with Gasteiger partial charge in [-0.15, -0.1) is 11.3 Å². The van der Waals surface area contributed by atoms with Crippen molar-refractivity contribution in [3.8, 4) is 0 Å². The molecule has 3 nitrogen and oxygen atoms in total. The van der Waals surface area contributed by atoms with Gasteiger partial charge in [0.1, 0.15) is 0 Å². The van der Waals surface area contributed by atoms with Crippen LogP contribution in [-0.4, -0.2) is 9.78 Å². The molecule has 0 radical (unpaired) electrons. The Labute approximate surface area is 120 Å². The Kier molecular flexibility index (Phi) is 4.59. The zero-order chi connectivity index (χ0) is 13.1. The Bertz CT molecular complexity index is 530. The third-order valence-electron chi connectivity index (χ3n) is 3.00. The first-order valence-corrected chi connectivity index (χ1v) is 7.76. The highest BCUT2D eigenvalue weighted by Crippen LogP contribution is 2.21. The number of halogens is 1. The maximum absolute atomic E-state index is 4.49. The minimum Gasteiger partial charge on any atom is -0.306 e. The van der Waals surface area contributed by atoms with Crippen molar-refractivity contribution in [1.82, 2.24) is 15.1 Å². The lowest BCUT2D eigenvalue weighted by Crippen LogP contribution is -2.16. The Balaban J connectivity index is 2.00. The molecule has 1 N–H and O–H groups in total. The van der Waals surface area contributed by atoms with Crippen molar-refractivity contribution in [2.75, 3.05) is 0 Å². The van der Waals surface area contributed by atoms with E-state index in [9.17, 15) is 0 Å². The highest BCUT2D eigenvalue weighted by Gasteiger charge is 2.11. The zero-order valence-electron chi connectivity index (χ0n) is 11.0. The molecular weight excluding hydrogens is 310 g/mol. The van der Waals surface area contributed by atoms with Crippen LogP contribution >= 0.6 is 27.3 Å². The SMILES string of the molecule is CCn1nc(C)c(Br)c1CNCc1sccc1C. The number of rotatable bonds is 5. The van der Waals surface area contributed by atoms with Gasteiger partial charge in [0.05, 0.1) is 15.9 Å². The van der Waals surface area contributed by atoms with E-state index < -0.39 is 0 Å². The normalized spacial score (nSPS) is 11.1. The summed E-state index contributed by atoms with van der Waals surface area (Å²) in [6.45, 7) is 8.97. The molecule has 5 heteroatoms. The van der Waals surface area contributed by atoms with E-state index in [-0.39, 0.29) is 0 Å². The van der Waals surface area contributed by atoms with Crippen LogP contribution in [0.25, 0.3) is 0 Å². The standard InChI is InChI=1S/C13H18BrN3S/c1-4-17-11(13(14)10(3)16-17)7-15-8-12-9(2)5-6-18-12/h5-6,15H,4,7-8H2,1-3H3. The lowest BCUT2D eigenvalue weighted by Gasteiger charge is -2.07. The van der Waals surface area contributed by atoms with E-state index in [1.807, 2.05) is 22.9 Å². The first kappa shape index (κ1) is 13.8. The van der Waals surface area contributed by atoms with Crippen LogP contribution in [0, 0.1) is 13.8 Å². The number of nitrogens with zero attached hydrogens (tertiary/aromatic N) is 2. The van der Waals surface area contributed by atoms with Crippen molar-refractivity contribution in [3.63, 3.8) is 0 Å². The summed E-state index contributed by atoms with van der Waals surface area (Å²) in [5.74, 6) is 0. The monoisotopic (exact) mass is 327 g/mol. The first-order chi connectivity index (χ1) is 8.63. The van der Waals surface area contributed by atoms with Crippen LogP contribution < -0.4 is 5.32 Å². The maximum Gasteiger partial charge on any atom is 0.0739 e. The third-order valence-corrected chi connectivity index (χ3v) is 5.05. The molecule has 2 rings (SSSR count). The van der Waals surface area contributed by atoms with E-state index in [0.29, 0.717) is 0 Å². The van der Waals surface area contributed by atoms with Gasteiger partial charge in [-0.25, -0.2) is 0 Å². The number of aromatic nitrogens is 2. The Morgan fingerprint density at radius 1 is 1.39 bits per heavy atom. The van der Waals surface area contributed by atoms with Crippen LogP contribution in [0.3, 0.4) is 0 Å². The van der Waals surface area contributed by atoms with Gasteiger partial charge >= 0.3 is 0 Å². The van der Waals surface area contributed by atoms with Crippen LogP contribution in [0.1, 0.15) is 28.8 Å². The first-order valence-electron chi connectivity index (χ1n) is 6.09. The lowest BCUT2D eigenvalue weighted by atomic mass is 10.3. The van der Waals surface area contributed by atoms with Crippen molar-refractivity contribution in [2.24, 2.45) is 0 Å². The summed E-state index contributed by atoms with van der Waals surface area (Å²) in [6.07, 6.45) is 0. The molecule has 0 bridgehead atoms. The van der Waals surface area contributed by atoms with Crippen molar-refractivity contribution in [1.29, 1.82) is 0 Å². The lowest BCUT2D eigenvalue weighted by molar-refractivity contribution is 0.579. The predicted molar refractivity (Wildman–Crippen MR) is 79.9 cm³/mol. The molecule has 0 aliphatic heterocycles. The molecule has 0 aromatic carbocycles. The smallest absolute Gasteiger partial charge is 0.0739 e. The summed E-state index contributed by atoms with van der Waals surface area (Å²) in [6, 6.07) is 2.16. The van der Waals surface area contributed by atoms with Gasteiger partial charge < -0.3 is 5.32 Å². The summed E-state index contributed by atoms with van der Waals surface area (Å²) < 4.78 is 3.17. The number of hydrogen-bond acceptors (Lipinski definition) is 3. The van der Waals surface area contributed by atoms with Gasteiger partial charge in [-0.05, 0) is 53.7 Å². The van der Waals surface area contributed by atoms with Crippen molar-refractivity contribution in [3.05, 3.63) is 37.7 Å². The summed E-state index contributed by atoms with van der Waals surface area (Å²) in [4.78, 5) is 1.41. The summed E-state index contributed by atoms with van der Waals surface area (Å²) >= 11 is 5.42. The second kappa shape index (κ2) is 5.99. The molecule has 2 aromatic rings. The molecule has 0 unspecified atom stereocenters. The molecule has 0 spiro atoms. The summed E-state index contributed by atoms with van der Waals surface area (Å²) in [5.41, 5.74) is 3.65. The molecule has 2 heterocycles. The number of thiophene rings is 1. The summed E-state index contributed by atoms with van der Waals surface area (Å²) in [5, 5.41) is 10.1. The van der Waals surface area contributed by atoms with E-state index in [0.717, 1.165) is 29.8 Å². The van der Waals surface area contributed by atoms with Crippen LogP contribution in [0.5, 0.6) is 0 Å².